The molecule has 0 bridgehead atoms. The topological polar surface area (TPSA) is 42.7 Å². The maximum absolute atomic E-state index is 13.3. The van der Waals surface area contributed by atoms with Crippen molar-refractivity contribution < 1.29 is 4.39 Å². The predicted octanol–water partition coefficient (Wildman–Crippen LogP) is 5.57. The van der Waals surface area contributed by atoms with Gasteiger partial charge in [0.2, 0.25) is 0 Å². The van der Waals surface area contributed by atoms with E-state index in [0.29, 0.717) is 10.8 Å². The Morgan fingerprint density at radius 3 is 2.54 bits per heavy atom. The lowest BCUT2D eigenvalue weighted by Gasteiger charge is -2.09. The molecule has 2 heterocycles. The van der Waals surface area contributed by atoms with Crippen molar-refractivity contribution in [3.8, 4) is 5.69 Å². The van der Waals surface area contributed by atoms with Gasteiger partial charge in [-0.1, -0.05) is 17.7 Å². The zero-order valence-electron chi connectivity index (χ0n) is 14.3. The maximum atomic E-state index is 13.3. The van der Waals surface area contributed by atoms with E-state index >= 15 is 0 Å². The van der Waals surface area contributed by atoms with E-state index in [1.807, 2.05) is 42.7 Å². The van der Waals surface area contributed by atoms with Crippen LogP contribution in [0.3, 0.4) is 0 Å². The molecule has 0 unspecified atom stereocenters. The molecule has 0 saturated heterocycles. The van der Waals surface area contributed by atoms with Crippen LogP contribution in [0.5, 0.6) is 0 Å². The standard InChI is InChI=1S/C20H16ClFN4/c1-12-13(2)26(17-8-6-15(22)7-9-17)20-18(12)19(23-11-24-20)25-16-5-3-4-14(21)10-16/h3-11H,1-2H3,(H,23,24,25). The van der Waals surface area contributed by atoms with Crippen molar-refractivity contribution in [1.82, 2.24) is 14.5 Å². The van der Waals surface area contributed by atoms with Gasteiger partial charge >= 0.3 is 0 Å². The predicted molar refractivity (Wildman–Crippen MR) is 103 cm³/mol. The van der Waals surface area contributed by atoms with Crippen molar-refractivity contribution in [1.29, 1.82) is 0 Å². The third-order valence-electron chi connectivity index (χ3n) is 4.46. The van der Waals surface area contributed by atoms with Gasteiger partial charge in [-0.15, -0.1) is 0 Å². The molecular formula is C20H16ClFN4. The summed E-state index contributed by atoms with van der Waals surface area (Å²) in [5, 5.41) is 4.90. The molecule has 0 spiro atoms. The molecule has 4 nitrogen and oxygen atoms in total. The van der Waals surface area contributed by atoms with E-state index in [4.69, 9.17) is 11.6 Å². The van der Waals surface area contributed by atoms with E-state index in [0.717, 1.165) is 33.7 Å². The molecule has 6 heteroatoms. The molecule has 0 aliphatic carbocycles. The average Bonchev–Trinajstić information content (AvgIpc) is 2.88. The molecule has 2 aromatic heterocycles. The van der Waals surface area contributed by atoms with Crippen LogP contribution >= 0.6 is 11.6 Å². The summed E-state index contributed by atoms with van der Waals surface area (Å²) in [5.41, 5.74) is 4.57. The smallest absolute Gasteiger partial charge is 0.150 e. The van der Waals surface area contributed by atoms with Gasteiger partial charge in [0.15, 0.2) is 5.65 Å². The van der Waals surface area contributed by atoms with Crippen LogP contribution in [0, 0.1) is 19.7 Å². The minimum absolute atomic E-state index is 0.266. The molecule has 130 valence electrons. The normalized spacial score (nSPS) is 11.1. The molecule has 0 aliphatic rings. The second-order valence-corrected chi connectivity index (χ2v) is 6.51. The average molecular weight is 367 g/mol. The van der Waals surface area contributed by atoms with E-state index in [1.165, 1.54) is 18.5 Å². The third kappa shape index (κ3) is 2.80. The summed E-state index contributed by atoms with van der Waals surface area (Å²) in [5.74, 6) is 0.441. The van der Waals surface area contributed by atoms with Gasteiger partial charge in [0.05, 0.1) is 5.39 Å². The Hall–Kier alpha value is -2.92. The first-order valence-corrected chi connectivity index (χ1v) is 8.53. The molecule has 2 aromatic carbocycles. The molecule has 4 aromatic rings. The van der Waals surface area contributed by atoms with Crippen LogP contribution in [0.2, 0.25) is 5.02 Å². The number of aryl methyl sites for hydroxylation is 1. The van der Waals surface area contributed by atoms with Crippen LogP contribution in [-0.4, -0.2) is 14.5 Å². The lowest BCUT2D eigenvalue weighted by molar-refractivity contribution is 0.627. The highest BCUT2D eigenvalue weighted by Gasteiger charge is 2.17. The minimum atomic E-state index is -0.266. The van der Waals surface area contributed by atoms with Gasteiger partial charge in [0, 0.05) is 22.1 Å². The van der Waals surface area contributed by atoms with Crippen molar-refractivity contribution in [2.75, 3.05) is 5.32 Å². The molecule has 0 amide bonds. The Balaban J connectivity index is 1.89. The zero-order chi connectivity index (χ0) is 18.3. The van der Waals surface area contributed by atoms with Crippen molar-refractivity contribution in [3.05, 3.63) is 77.0 Å². The number of benzene rings is 2. The maximum Gasteiger partial charge on any atom is 0.150 e. The Morgan fingerprint density at radius 2 is 1.81 bits per heavy atom. The van der Waals surface area contributed by atoms with E-state index < -0.39 is 0 Å². The SMILES string of the molecule is Cc1c(C)n(-c2ccc(F)cc2)c2ncnc(Nc3cccc(Cl)c3)c12. The molecule has 1 N–H and O–H groups in total. The third-order valence-corrected chi connectivity index (χ3v) is 4.70. The molecular weight excluding hydrogens is 351 g/mol. The summed E-state index contributed by atoms with van der Waals surface area (Å²) >= 11 is 6.08. The van der Waals surface area contributed by atoms with Crippen LogP contribution in [0.25, 0.3) is 16.7 Å². The zero-order valence-corrected chi connectivity index (χ0v) is 15.0. The Bertz CT molecular complexity index is 1100. The number of nitrogens with zero attached hydrogens (tertiary/aromatic N) is 3. The van der Waals surface area contributed by atoms with E-state index in [1.54, 1.807) is 12.1 Å². The highest BCUT2D eigenvalue weighted by atomic mass is 35.5. The molecule has 0 fully saturated rings. The number of halogens is 2. The second-order valence-electron chi connectivity index (χ2n) is 6.08. The fourth-order valence-corrected chi connectivity index (χ4v) is 3.29. The number of anilines is 2. The highest BCUT2D eigenvalue weighted by molar-refractivity contribution is 6.30. The first-order chi connectivity index (χ1) is 12.5. The Morgan fingerprint density at radius 1 is 1.04 bits per heavy atom. The first-order valence-electron chi connectivity index (χ1n) is 8.16. The van der Waals surface area contributed by atoms with Gasteiger partial charge in [-0.3, -0.25) is 4.57 Å². The quantitative estimate of drug-likeness (QED) is 0.515. The van der Waals surface area contributed by atoms with Crippen LogP contribution in [0.15, 0.2) is 54.9 Å². The van der Waals surface area contributed by atoms with Crippen molar-refractivity contribution in [2.24, 2.45) is 0 Å². The molecule has 0 saturated carbocycles. The summed E-state index contributed by atoms with van der Waals surface area (Å²) in [6.07, 6.45) is 1.52. The highest BCUT2D eigenvalue weighted by Crippen LogP contribution is 2.32. The van der Waals surface area contributed by atoms with Gasteiger partial charge in [0.25, 0.3) is 0 Å². The van der Waals surface area contributed by atoms with Crippen LogP contribution in [0.1, 0.15) is 11.3 Å². The van der Waals surface area contributed by atoms with Crippen molar-refractivity contribution in [3.63, 3.8) is 0 Å². The minimum Gasteiger partial charge on any atom is -0.340 e. The van der Waals surface area contributed by atoms with E-state index in [2.05, 4.69) is 15.3 Å². The molecule has 26 heavy (non-hydrogen) atoms. The number of hydrogen-bond acceptors (Lipinski definition) is 3. The Labute approximate surface area is 155 Å². The van der Waals surface area contributed by atoms with Gasteiger partial charge in [0.1, 0.15) is 18.0 Å². The molecule has 4 rings (SSSR count). The largest absolute Gasteiger partial charge is 0.340 e. The number of hydrogen-bond donors (Lipinski definition) is 1. The molecule has 0 radical (unpaired) electrons. The van der Waals surface area contributed by atoms with E-state index in [9.17, 15) is 4.39 Å². The first kappa shape index (κ1) is 16.5. The van der Waals surface area contributed by atoms with Gasteiger partial charge < -0.3 is 5.32 Å². The number of aromatic nitrogens is 3. The van der Waals surface area contributed by atoms with Crippen LogP contribution in [0.4, 0.5) is 15.9 Å². The second kappa shape index (κ2) is 6.42. The number of rotatable bonds is 3. The van der Waals surface area contributed by atoms with Crippen molar-refractivity contribution in [2.45, 2.75) is 13.8 Å². The molecule has 0 aliphatic heterocycles. The monoisotopic (exact) mass is 366 g/mol. The summed E-state index contributed by atoms with van der Waals surface area (Å²) in [7, 11) is 0. The van der Waals surface area contributed by atoms with Gasteiger partial charge in [-0.2, -0.15) is 0 Å². The Kier molecular flexibility index (Phi) is 4.09. The lowest BCUT2D eigenvalue weighted by atomic mass is 10.2. The summed E-state index contributed by atoms with van der Waals surface area (Å²) < 4.78 is 15.3. The summed E-state index contributed by atoms with van der Waals surface area (Å²) in [6.45, 7) is 4.05. The van der Waals surface area contributed by atoms with E-state index in [-0.39, 0.29) is 5.82 Å². The lowest BCUT2D eigenvalue weighted by Crippen LogP contribution is -1.99. The van der Waals surface area contributed by atoms with Crippen molar-refractivity contribution >= 4 is 34.1 Å². The van der Waals surface area contributed by atoms with Gasteiger partial charge in [-0.25, -0.2) is 14.4 Å². The van der Waals surface area contributed by atoms with Gasteiger partial charge in [-0.05, 0) is 61.9 Å². The fraction of sp³-hybridized carbons (Fsp3) is 0.100. The number of fused-ring (bicyclic) bond motifs is 1. The summed E-state index contributed by atoms with van der Waals surface area (Å²) in [4.78, 5) is 8.89. The fourth-order valence-electron chi connectivity index (χ4n) is 3.10. The molecule has 0 atom stereocenters. The van der Waals surface area contributed by atoms with Crippen LogP contribution in [-0.2, 0) is 0 Å². The summed E-state index contributed by atoms with van der Waals surface area (Å²) in [6, 6.07) is 13.9. The number of nitrogens with one attached hydrogen (secondary N) is 1. The van der Waals surface area contributed by atoms with Crippen LogP contribution < -0.4 is 5.32 Å².